The van der Waals surface area contributed by atoms with E-state index in [1.54, 1.807) is 36.2 Å². The quantitative estimate of drug-likeness (QED) is 0.301. The second-order valence-electron chi connectivity index (χ2n) is 7.70. The summed E-state index contributed by atoms with van der Waals surface area (Å²) in [6, 6.07) is 22.2. The molecule has 0 radical (unpaired) electrons. The third kappa shape index (κ3) is 4.44. The molecule has 5 rings (SSSR count). The standard InChI is InChI=1S/C25H20ClN3O2S2/c1-15-5-8-17(9-6-15)33-22-12-11-21(31-22)24-23(18-4-2-3-13-27-18)28-25(32)29(24)19-14-16(26)7-10-20(19)30/h2-14,23-24,30H,1H3,(H,28,32). The molecule has 1 fully saturated rings. The fourth-order valence-electron chi connectivity index (χ4n) is 3.86. The molecule has 33 heavy (non-hydrogen) atoms. The number of thiocarbonyl (C=S) groups is 1. The first-order chi connectivity index (χ1) is 16.0. The summed E-state index contributed by atoms with van der Waals surface area (Å²) in [6.45, 7) is 2.06. The Morgan fingerprint density at radius 1 is 1.09 bits per heavy atom. The van der Waals surface area contributed by atoms with Gasteiger partial charge in [-0.25, -0.2) is 0 Å². The molecule has 0 bridgehead atoms. The van der Waals surface area contributed by atoms with Crippen LogP contribution in [0.25, 0.3) is 0 Å². The molecule has 0 amide bonds. The first kappa shape index (κ1) is 21.8. The summed E-state index contributed by atoms with van der Waals surface area (Å²) in [6.07, 6.45) is 1.75. The molecule has 2 N–H and O–H groups in total. The molecule has 3 heterocycles. The summed E-state index contributed by atoms with van der Waals surface area (Å²) < 4.78 is 6.30. The van der Waals surface area contributed by atoms with Gasteiger partial charge in [0.25, 0.3) is 0 Å². The number of benzene rings is 2. The molecule has 2 aromatic carbocycles. The maximum atomic E-state index is 10.6. The monoisotopic (exact) mass is 493 g/mol. The Hall–Kier alpha value is -3.00. The van der Waals surface area contributed by atoms with Gasteiger partial charge in [-0.15, -0.1) is 0 Å². The van der Waals surface area contributed by atoms with E-state index in [1.165, 1.54) is 5.56 Å². The smallest absolute Gasteiger partial charge is 0.174 e. The number of furan rings is 1. The summed E-state index contributed by atoms with van der Waals surface area (Å²) in [4.78, 5) is 7.47. The summed E-state index contributed by atoms with van der Waals surface area (Å²) in [5.41, 5.74) is 2.53. The van der Waals surface area contributed by atoms with Crippen LogP contribution in [-0.2, 0) is 0 Å². The summed E-state index contributed by atoms with van der Waals surface area (Å²) in [5.74, 6) is 0.781. The minimum absolute atomic E-state index is 0.0797. The molecule has 0 saturated carbocycles. The van der Waals surface area contributed by atoms with E-state index >= 15 is 0 Å². The third-order valence-electron chi connectivity index (χ3n) is 5.43. The molecule has 2 unspecified atom stereocenters. The zero-order chi connectivity index (χ0) is 22.9. The number of rotatable bonds is 5. The van der Waals surface area contributed by atoms with Crippen molar-refractivity contribution in [1.82, 2.24) is 10.3 Å². The number of nitrogens with zero attached hydrogens (tertiary/aromatic N) is 2. The number of phenols is 1. The van der Waals surface area contributed by atoms with E-state index in [9.17, 15) is 5.11 Å². The number of nitrogens with one attached hydrogen (secondary N) is 1. The highest BCUT2D eigenvalue weighted by atomic mass is 35.5. The molecule has 5 nitrogen and oxygen atoms in total. The SMILES string of the molecule is Cc1ccc(Sc2ccc(C3C(c4ccccn4)NC(=S)N3c3cc(Cl)ccc3O)o2)cc1. The van der Waals surface area contributed by atoms with Crippen LogP contribution in [0.3, 0.4) is 0 Å². The van der Waals surface area contributed by atoms with Crippen molar-refractivity contribution in [2.75, 3.05) is 4.90 Å². The van der Waals surface area contributed by atoms with Crippen LogP contribution in [0.15, 0.2) is 93.4 Å². The molecule has 1 aliphatic rings. The van der Waals surface area contributed by atoms with Crippen molar-refractivity contribution >= 4 is 46.4 Å². The zero-order valence-corrected chi connectivity index (χ0v) is 20.0. The minimum Gasteiger partial charge on any atom is -0.506 e. The number of aryl methyl sites for hydroxylation is 1. The van der Waals surface area contributed by atoms with Gasteiger partial charge in [-0.1, -0.05) is 47.1 Å². The van der Waals surface area contributed by atoms with Gasteiger partial charge in [0, 0.05) is 16.1 Å². The normalized spacial score (nSPS) is 17.9. The molecule has 2 aromatic heterocycles. The highest BCUT2D eigenvalue weighted by Gasteiger charge is 2.43. The van der Waals surface area contributed by atoms with E-state index in [2.05, 4.69) is 41.5 Å². The fourth-order valence-corrected chi connectivity index (χ4v) is 5.15. The molecule has 4 aromatic rings. The van der Waals surface area contributed by atoms with E-state index in [-0.39, 0.29) is 17.8 Å². The van der Waals surface area contributed by atoms with Gasteiger partial charge in [-0.05, 0) is 73.7 Å². The van der Waals surface area contributed by atoms with Gasteiger partial charge in [0.2, 0.25) is 0 Å². The number of pyridine rings is 1. The molecule has 0 aliphatic carbocycles. The fraction of sp³-hybridized carbons (Fsp3) is 0.120. The molecule has 1 saturated heterocycles. The van der Waals surface area contributed by atoms with E-state index < -0.39 is 0 Å². The topological polar surface area (TPSA) is 61.5 Å². The highest BCUT2D eigenvalue weighted by Crippen LogP contribution is 2.46. The largest absolute Gasteiger partial charge is 0.506 e. The second-order valence-corrected chi connectivity index (χ2v) is 9.60. The van der Waals surface area contributed by atoms with Gasteiger partial charge in [0.1, 0.15) is 17.6 Å². The number of hydrogen-bond acceptors (Lipinski definition) is 5. The lowest BCUT2D eigenvalue weighted by atomic mass is 10.0. The van der Waals surface area contributed by atoms with Crippen molar-refractivity contribution in [1.29, 1.82) is 0 Å². The van der Waals surface area contributed by atoms with Gasteiger partial charge in [0.15, 0.2) is 10.2 Å². The van der Waals surface area contributed by atoms with Crippen LogP contribution in [0.2, 0.25) is 5.02 Å². The maximum absolute atomic E-state index is 10.6. The summed E-state index contributed by atoms with van der Waals surface area (Å²) in [5, 5.41) is 15.7. The average molecular weight is 494 g/mol. The Bertz CT molecular complexity index is 1290. The molecule has 8 heteroatoms. The van der Waals surface area contributed by atoms with Crippen LogP contribution < -0.4 is 10.2 Å². The Labute approximate surface area is 206 Å². The molecule has 166 valence electrons. The van der Waals surface area contributed by atoms with E-state index in [0.717, 1.165) is 15.7 Å². The van der Waals surface area contributed by atoms with Gasteiger partial charge in [0.05, 0.1) is 17.4 Å². The zero-order valence-electron chi connectivity index (χ0n) is 17.6. The lowest BCUT2D eigenvalue weighted by Gasteiger charge is -2.26. The Morgan fingerprint density at radius 2 is 1.91 bits per heavy atom. The van der Waals surface area contributed by atoms with E-state index in [1.807, 2.05) is 35.2 Å². The molecule has 1 aliphatic heterocycles. The first-order valence-electron chi connectivity index (χ1n) is 10.3. The lowest BCUT2D eigenvalue weighted by molar-refractivity contribution is 0.382. The van der Waals surface area contributed by atoms with Crippen LogP contribution >= 0.6 is 35.6 Å². The van der Waals surface area contributed by atoms with E-state index in [0.29, 0.717) is 21.6 Å². The number of phenolic OH excluding ortho intramolecular Hbond substituents is 1. The van der Waals surface area contributed by atoms with E-state index in [4.69, 9.17) is 28.2 Å². The summed E-state index contributed by atoms with van der Waals surface area (Å²) in [7, 11) is 0. The number of anilines is 1. The Kier molecular flexibility index (Phi) is 6.01. The highest BCUT2D eigenvalue weighted by molar-refractivity contribution is 7.99. The van der Waals surface area contributed by atoms with Gasteiger partial charge in [-0.3, -0.25) is 4.98 Å². The number of halogens is 1. The third-order valence-corrected chi connectivity index (χ3v) is 6.91. The van der Waals surface area contributed by atoms with Crippen LogP contribution in [0, 0.1) is 6.92 Å². The lowest BCUT2D eigenvalue weighted by Crippen LogP contribution is -2.29. The van der Waals surface area contributed by atoms with Crippen molar-refractivity contribution in [3.05, 3.63) is 101 Å². The Morgan fingerprint density at radius 3 is 2.67 bits per heavy atom. The van der Waals surface area contributed by atoms with Gasteiger partial charge in [-0.2, -0.15) is 0 Å². The predicted octanol–water partition coefficient (Wildman–Crippen LogP) is 6.67. The van der Waals surface area contributed by atoms with Crippen molar-refractivity contribution in [3.63, 3.8) is 0 Å². The van der Waals surface area contributed by atoms with Crippen LogP contribution in [0.1, 0.15) is 29.1 Å². The van der Waals surface area contributed by atoms with Crippen LogP contribution in [0.4, 0.5) is 5.69 Å². The first-order valence-corrected chi connectivity index (χ1v) is 11.9. The minimum atomic E-state index is -0.371. The van der Waals surface area contributed by atoms with Gasteiger partial charge < -0.3 is 19.7 Å². The molecular formula is C25H20ClN3O2S2. The second kappa shape index (κ2) is 9.09. The predicted molar refractivity (Wildman–Crippen MR) is 135 cm³/mol. The van der Waals surface area contributed by atoms with Crippen LogP contribution in [0.5, 0.6) is 5.75 Å². The summed E-state index contributed by atoms with van der Waals surface area (Å²) >= 11 is 13.5. The number of aromatic nitrogens is 1. The van der Waals surface area contributed by atoms with Gasteiger partial charge >= 0.3 is 0 Å². The number of aromatic hydroxyl groups is 1. The number of hydrogen-bond donors (Lipinski definition) is 2. The Balaban J connectivity index is 1.55. The molecular weight excluding hydrogens is 474 g/mol. The molecule has 0 spiro atoms. The van der Waals surface area contributed by atoms with Crippen LogP contribution in [-0.4, -0.2) is 15.2 Å². The van der Waals surface area contributed by atoms with Crippen molar-refractivity contribution in [3.8, 4) is 5.75 Å². The average Bonchev–Trinajstić information content (AvgIpc) is 3.41. The maximum Gasteiger partial charge on any atom is 0.174 e. The van der Waals surface area contributed by atoms with Crippen molar-refractivity contribution < 1.29 is 9.52 Å². The van der Waals surface area contributed by atoms with Crippen molar-refractivity contribution in [2.24, 2.45) is 0 Å². The van der Waals surface area contributed by atoms with Crippen molar-refractivity contribution in [2.45, 2.75) is 29.0 Å². The molecule has 2 atom stereocenters.